The van der Waals surface area contributed by atoms with Gasteiger partial charge in [-0.25, -0.2) is 9.18 Å². The molecule has 0 radical (unpaired) electrons. The summed E-state index contributed by atoms with van der Waals surface area (Å²) in [6.45, 7) is 12.6. The topological polar surface area (TPSA) is 35.5 Å². The summed E-state index contributed by atoms with van der Waals surface area (Å²) in [5.74, 6) is -0.325. The van der Waals surface area contributed by atoms with Crippen LogP contribution in [0.2, 0.25) is 0 Å². The number of ether oxygens (including phenoxy) is 2. The Morgan fingerprint density at radius 1 is 1.04 bits per heavy atom. The summed E-state index contributed by atoms with van der Waals surface area (Å²) in [7, 11) is 0. The SMILES string of the molecule is C=C(C)C(=O)Oc1ccc(-c2ccc(OC(C)C(=C)C)c(F)c2)cc1. The number of carbonyl (C=O) groups is 1. The third kappa shape index (κ3) is 4.80. The van der Waals surface area contributed by atoms with Crippen LogP contribution in [0.5, 0.6) is 11.5 Å². The van der Waals surface area contributed by atoms with Crippen molar-refractivity contribution in [3.05, 3.63) is 72.6 Å². The van der Waals surface area contributed by atoms with Gasteiger partial charge in [-0.1, -0.05) is 31.4 Å². The molecule has 0 spiro atoms. The average molecular weight is 340 g/mol. The Hall–Kier alpha value is -2.88. The van der Waals surface area contributed by atoms with Gasteiger partial charge in [-0.05, 0) is 61.7 Å². The molecule has 0 aliphatic carbocycles. The van der Waals surface area contributed by atoms with Crippen molar-refractivity contribution in [3.8, 4) is 22.6 Å². The summed E-state index contributed by atoms with van der Waals surface area (Å²) < 4.78 is 24.9. The van der Waals surface area contributed by atoms with Gasteiger partial charge in [-0.3, -0.25) is 0 Å². The fourth-order valence-corrected chi connectivity index (χ4v) is 1.98. The van der Waals surface area contributed by atoms with E-state index in [4.69, 9.17) is 9.47 Å². The van der Waals surface area contributed by atoms with Gasteiger partial charge in [0.05, 0.1) is 0 Å². The summed E-state index contributed by atoms with van der Waals surface area (Å²) in [5, 5.41) is 0. The van der Waals surface area contributed by atoms with E-state index in [2.05, 4.69) is 13.2 Å². The van der Waals surface area contributed by atoms with Crippen LogP contribution in [0.25, 0.3) is 11.1 Å². The normalized spacial score (nSPS) is 11.5. The first-order valence-corrected chi connectivity index (χ1v) is 7.87. The molecule has 0 saturated carbocycles. The molecule has 0 aromatic heterocycles. The van der Waals surface area contributed by atoms with Gasteiger partial charge in [-0.15, -0.1) is 0 Å². The van der Waals surface area contributed by atoms with Gasteiger partial charge in [0.1, 0.15) is 11.9 Å². The largest absolute Gasteiger partial charge is 0.483 e. The molecule has 0 bridgehead atoms. The molecule has 25 heavy (non-hydrogen) atoms. The maximum absolute atomic E-state index is 14.3. The molecular weight excluding hydrogens is 319 g/mol. The quantitative estimate of drug-likeness (QED) is 0.309. The Morgan fingerprint density at radius 3 is 2.16 bits per heavy atom. The zero-order valence-electron chi connectivity index (χ0n) is 14.6. The molecule has 4 heteroatoms. The van der Waals surface area contributed by atoms with Crippen molar-refractivity contribution in [2.24, 2.45) is 0 Å². The third-order valence-electron chi connectivity index (χ3n) is 3.68. The van der Waals surface area contributed by atoms with Gasteiger partial charge >= 0.3 is 5.97 Å². The summed E-state index contributed by atoms with van der Waals surface area (Å²) >= 11 is 0. The molecule has 2 aromatic rings. The molecule has 130 valence electrons. The molecule has 2 aromatic carbocycles. The second-order valence-corrected chi connectivity index (χ2v) is 5.95. The minimum absolute atomic E-state index is 0.186. The number of rotatable bonds is 6. The second kappa shape index (κ2) is 7.79. The van der Waals surface area contributed by atoms with Gasteiger partial charge in [0.25, 0.3) is 0 Å². The van der Waals surface area contributed by atoms with E-state index in [-0.39, 0.29) is 11.9 Å². The molecular formula is C21H21FO3. The minimum Gasteiger partial charge on any atom is -0.483 e. The Kier molecular flexibility index (Phi) is 5.75. The lowest BCUT2D eigenvalue weighted by Crippen LogP contribution is -2.13. The van der Waals surface area contributed by atoms with E-state index in [9.17, 15) is 9.18 Å². The predicted octanol–water partition coefficient (Wildman–Crippen LogP) is 5.32. The molecule has 3 nitrogen and oxygen atoms in total. The monoisotopic (exact) mass is 340 g/mol. The van der Waals surface area contributed by atoms with Crippen molar-refractivity contribution in [1.82, 2.24) is 0 Å². The minimum atomic E-state index is -0.480. The summed E-state index contributed by atoms with van der Waals surface area (Å²) in [4.78, 5) is 11.5. The van der Waals surface area contributed by atoms with E-state index in [0.29, 0.717) is 16.9 Å². The predicted molar refractivity (Wildman–Crippen MR) is 97.2 cm³/mol. The Balaban J connectivity index is 2.16. The summed E-state index contributed by atoms with van der Waals surface area (Å²) in [6, 6.07) is 11.6. The van der Waals surface area contributed by atoms with Crippen molar-refractivity contribution in [2.75, 3.05) is 0 Å². The first kappa shape index (κ1) is 18.5. The van der Waals surface area contributed by atoms with Crippen LogP contribution in [0.1, 0.15) is 20.8 Å². The van der Waals surface area contributed by atoms with Crippen LogP contribution >= 0.6 is 0 Å². The summed E-state index contributed by atoms with van der Waals surface area (Å²) in [5.41, 5.74) is 2.65. The van der Waals surface area contributed by atoms with Gasteiger partial charge in [0.2, 0.25) is 0 Å². The Morgan fingerprint density at radius 2 is 1.64 bits per heavy atom. The zero-order valence-corrected chi connectivity index (χ0v) is 14.6. The lowest BCUT2D eigenvalue weighted by Gasteiger charge is -2.15. The van der Waals surface area contributed by atoms with Crippen molar-refractivity contribution in [3.63, 3.8) is 0 Å². The summed E-state index contributed by atoms with van der Waals surface area (Å²) in [6.07, 6.45) is -0.261. The molecule has 0 aliphatic rings. The molecule has 0 amide bonds. The van der Waals surface area contributed by atoms with E-state index >= 15 is 0 Å². The molecule has 2 rings (SSSR count). The van der Waals surface area contributed by atoms with Crippen LogP contribution in [0.15, 0.2) is 66.8 Å². The van der Waals surface area contributed by atoms with Gasteiger partial charge in [-0.2, -0.15) is 0 Å². The lowest BCUT2D eigenvalue weighted by molar-refractivity contribution is -0.130. The molecule has 0 aliphatic heterocycles. The van der Waals surface area contributed by atoms with Crippen LogP contribution in [0.4, 0.5) is 4.39 Å². The lowest BCUT2D eigenvalue weighted by atomic mass is 10.1. The average Bonchev–Trinajstić information content (AvgIpc) is 2.57. The van der Waals surface area contributed by atoms with E-state index in [1.807, 2.05) is 13.8 Å². The van der Waals surface area contributed by atoms with Crippen LogP contribution < -0.4 is 9.47 Å². The smallest absolute Gasteiger partial charge is 0.338 e. The molecule has 1 atom stereocenters. The van der Waals surface area contributed by atoms with Crippen LogP contribution in [-0.2, 0) is 4.79 Å². The number of benzene rings is 2. The van der Waals surface area contributed by atoms with Crippen LogP contribution in [0.3, 0.4) is 0 Å². The van der Waals surface area contributed by atoms with Crippen molar-refractivity contribution < 1.29 is 18.7 Å². The highest BCUT2D eigenvalue weighted by Gasteiger charge is 2.11. The number of esters is 1. The van der Waals surface area contributed by atoms with Gasteiger partial charge in [0.15, 0.2) is 11.6 Å². The Bertz CT molecular complexity index is 806. The number of hydrogen-bond acceptors (Lipinski definition) is 3. The van der Waals surface area contributed by atoms with Crippen LogP contribution in [-0.4, -0.2) is 12.1 Å². The number of carbonyl (C=O) groups excluding carboxylic acids is 1. The number of hydrogen-bond donors (Lipinski definition) is 0. The second-order valence-electron chi connectivity index (χ2n) is 5.95. The highest BCUT2D eigenvalue weighted by molar-refractivity contribution is 5.88. The van der Waals surface area contributed by atoms with Crippen molar-refractivity contribution >= 4 is 5.97 Å². The molecule has 1 unspecified atom stereocenters. The Labute approximate surface area is 147 Å². The van der Waals surface area contributed by atoms with Crippen molar-refractivity contribution in [1.29, 1.82) is 0 Å². The molecule has 0 heterocycles. The van der Waals surface area contributed by atoms with Crippen molar-refractivity contribution in [2.45, 2.75) is 26.9 Å². The van der Waals surface area contributed by atoms with Gasteiger partial charge in [0, 0.05) is 5.57 Å². The van der Waals surface area contributed by atoms with E-state index in [1.165, 1.54) is 6.07 Å². The van der Waals surface area contributed by atoms with E-state index in [1.54, 1.807) is 43.3 Å². The van der Waals surface area contributed by atoms with Gasteiger partial charge < -0.3 is 9.47 Å². The molecule has 0 fully saturated rings. The highest BCUT2D eigenvalue weighted by Crippen LogP contribution is 2.28. The molecule has 0 N–H and O–H groups in total. The highest BCUT2D eigenvalue weighted by atomic mass is 19.1. The van der Waals surface area contributed by atoms with Crippen LogP contribution in [0, 0.1) is 5.82 Å². The van der Waals surface area contributed by atoms with E-state index < -0.39 is 11.8 Å². The molecule has 0 saturated heterocycles. The standard InChI is InChI=1S/C21H21FO3/c1-13(2)15(5)24-20-11-8-17(12-19(20)22)16-6-9-18(10-7-16)25-21(23)14(3)4/h6-12,15H,1,3H2,2,4-5H3. The maximum Gasteiger partial charge on any atom is 0.338 e. The zero-order chi connectivity index (χ0) is 18.6. The maximum atomic E-state index is 14.3. The first-order valence-electron chi connectivity index (χ1n) is 7.87. The fraction of sp³-hybridized carbons (Fsp3) is 0.190. The fourth-order valence-electron chi connectivity index (χ4n) is 1.98. The first-order chi connectivity index (χ1) is 11.8. The number of halogens is 1. The third-order valence-corrected chi connectivity index (χ3v) is 3.68. The van der Waals surface area contributed by atoms with E-state index in [0.717, 1.165) is 11.1 Å².